The fraction of sp³-hybridized carbons (Fsp3) is 0.484. The molecule has 0 aromatic heterocycles. The van der Waals surface area contributed by atoms with Crippen molar-refractivity contribution in [2.24, 2.45) is 5.92 Å². The number of fused-ring (bicyclic) bond motifs is 1. The lowest BCUT2D eigenvalue weighted by Crippen LogP contribution is -2.50. The first-order chi connectivity index (χ1) is 19.5. The molecule has 222 valence electrons. The number of para-hydroxylation sites is 1. The van der Waals surface area contributed by atoms with E-state index in [-0.39, 0.29) is 68.3 Å². The van der Waals surface area contributed by atoms with Crippen molar-refractivity contribution in [1.82, 2.24) is 20.4 Å². The molecule has 1 heterocycles. The second kappa shape index (κ2) is 15.1. The van der Waals surface area contributed by atoms with Crippen LogP contribution in [0, 0.1) is 12.8 Å². The highest BCUT2D eigenvalue weighted by molar-refractivity contribution is 5.99. The molecule has 1 aliphatic heterocycles. The van der Waals surface area contributed by atoms with E-state index in [0.717, 1.165) is 5.56 Å². The molecule has 2 aromatic rings. The van der Waals surface area contributed by atoms with Gasteiger partial charge in [-0.15, -0.1) is 0 Å². The Bertz CT molecular complexity index is 1200. The molecule has 0 spiro atoms. The molecule has 10 heteroatoms. The van der Waals surface area contributed by atoms with Crippen molar-refractivity contribution < 1.29 is 28.7 Å². The summed E-state index contributed by atoms with van der Waals surface area (Å²) in [5.41, 5.74) is 1.38. The van der Waals surface area contributed by atoms with E-state index >= 15 is 0 Å². The zero-order valence-corrected chi connectivity index (χ0v) is 24.6. The Morgan fingerprint density at radius 2 is 1.80 bits per heavy atom. The molecule has 41 heavy (non-hydrogen) atoms. The van der Waals surface area contributed by atoms with Crippen LogP contribution in [-0.4, -0.2) is 85.9 Å². The van der Waals surface area contributed by atoms with E-state index in [2.05, 4.69) is 10.6 Å². The van der Waals surface area contributed by atoms with E-state index in [9.17, 15) is 19.2 Å². The number of nitrogens with one attached hydrogen (secondary N) is 2. The number of hydrogen-bond donors (Lipinski definition) is 2. The van der Waals surface area contributed by atoms with Crippen molar-refractivity contribution in [2.75, 3.05) is 40.4 Å². The van der Waals surface area contributed by atoms with E-state index < -0.39 is 18.0 Å². The number of ether oxygens (including phenoxy) is 2. The van der Waals surface area contributed by atoms with Crippen molar-refractivity contribution in [3.8, 4) is 11.5 Å². The van der Waals surface area contributed by atoms with E-state index in [1.165, 1.54) is 9.80 Å². The fourth-order valence-corrected chi connectivity index (χ4v) is 4.49. The molecule has 0 saturated carbocycles. The Kier molecular flexibility index (Phi) is 11.6. The number of hydrogen-bond acceptors (Lipinski definition) is 6. The van der Waals surface area contributed by atoms with Crippen molar-refractivity contribution >= 4 is 23.6 Å². The third-order valence-corrected chi connectivity index (χ3v) is 6.89. The van der Waals surface area contributed by atoms with Crippen LogP contribution in [0.25, 0.3) is 0 Å². The van der Waals surface area contributed by atoms with Crippen molar-refractivity contribution in [3.63, 3.8) is 0 Å². The normalized spacial score (nSPS) is 18.8. The van der Waals surface area contributed by atoms with E-state index in [4.69, 9.17) is 9.47 Å². The summed E-state index contributed by atoms with van der Waals surface area (Å²) < 4.78 is 11.6. The summed E-state index contributed by atoms with van der Waals surface area (Å²) in [6.07, 6.45) is 0.483. The van der Waals surface area contributed by atoms with Crippen LogP contribution in [0.3, 0.4) is 0 Å². The summed E-state index contributed by atoms with van der Waals surface area (Å²) in [6.45, 7) is 6.92. The number of carbonyl (C=O) groups excluding carboxylic acids is 4. The van der Waals surface area contributed by atoms with Gasteiger partial charge in [-0.25, -0.2) is 0 Å². The minimum atomic E-state index is -0.974. The summed E-state index contributed by atoms with van der Waals surface area (Å²) in [4.78, 5) is 55.9. The third kappa shape index (κ3) is 9.51. The van der Waals surface area contributed by atoms with Crippen molar-refractivity contribution in [2.45, 2.75) is 52.1 Å². The van der Waals surface area contributed by atoms with Gasteiger partial charge in [-0.3, -0.25) is 19.2 Å². The average molecular weight is 567 g/mol. The number of carbonyl (C=O) groups is 4. The van der Waals surface area contributed by atoms with Crippen LogP contribution in [0.1, 0.15) is 49.0 Å². The lowest BCUT2D eigenvalue weighted by atomic mass is 10.0. The highest BCUT2D eigenvalue weighted by Gasteiger charge is 2.29. The molecular weight excluding hydrogens is 524 g/mol. The Morgan fingerprint density at radius 3 is 2.51 bits per heavy atom. The van der Waals surface area contributed by atoms with Crippen molar-refractivity contribution in [3.05, 3.63) is 59.7 Å². The minimum Gasteiger partial charge on any atom is -0.492 e. The van der Waals surface area contributed by atoms with E-state index in [1.54, 1.807) is 38.4 Å². The molecule has 4 amide bonds. The van der Waals surface area contributed by atoms with Gasteiger partial charge >= 0.3 is 0 Å². The molecule has 1 aliphatic rings. The zero-order chi connectivity index (χ0) is 29.9. The number of benzene rings is 2. The van der Waals surface area contributed by atoms with Crippen LogP contribution in [0.2, 0.25) is 0 Å². The highest BCUT2D eigenvalue weighted by atomic mass is 16.5. The Morgan fingerprint density at radius 1 is 1.10 bits per heavy atom. The summed E-state index contributed by atoms with van der Waals surface area (Å²) in [5, 5.41) is 5.65. The van der Waals surface area contributed by atoms with Crippen LogP contribution >= 0.6 is 0 Å². The molecule has 2 atom stereocenters. The molecule has 0 unspecified atom stereocenters. The Labute approximate surface area is 242 Å². The minimum absolute atomic E-state index is 0.0475. The Hall–Kier alpha value is -4.08. The molecule has 0 saturated heterocycles. The molecule has 0 bridgehead atoms. The van der Waals surface area contributed by atoms with Gasteiger partial charge in [0.2, 0.25) is 17.7 Å². The number of amides is 4. The van der Waals surface area contributed by atoms with Gasteiger partial charge in [0.1, 0.15) is 36.8 Å². The van der Waals surface area contributed by atoms with Gasteiger partial charge in [0.25, 0.3) is 5.91 Å². The molecule has 10 nitrogen and oxygen atoms in total. The van der Waals surface area contributed by atoms with Crippen LogP contribution in [0.5, 0.6) is 11.5 Å². The standard InChI is InChI=1S/C31H42N4O6/c1-21(2)20-26-31(39)35(5)17-19-41-27-9-7-6-8-24(27)29(37)33-25(14-15-28(36)32-26)30(38)34(4)16-18-40-23-12-10-22(3)11-13-23/h6-13,21,25-26H,14-20H2,1-5H3,(H,32,36)(H,33,37)/t25-,26+/m0/s1. The van der Waals surface area contributed by atoms with Crippen LogP contribution < -0.4 is 20.1 Å². The first kappa shape index (κ1) is 31.4. The first-order valence-corrected chi connectivity index (χ1v) is 14.1. The zero-order valence-electron chi connectivity index (χ0n) is 24.6. The van der Waals surface area contributed by atoms with Gasteiger partial charge in [-0.1, -0.05) is 43.7 Å². The largest absolute Gasteiger partial charge is 0.492 e. The SMILES string of the molecule is Cc1ccc(OCCN(C)C(=O)[C@@H]2CCC(=O)N[C@H](CC(C)C)C(=O)N(C)CCOc3ccccc3C(=O)N2)cc1. The monoisotopic (exact) mass is 566 g/mol. The summed E-state index contributed by atoms with van der Waals surface area (Å²) >= 11 is 0. The average Bonchev–Trinajstić information content (AvgIpc) is 2.94. The number of aryl methyl sites for hydroxylation is 1. The van der Waals surface area contributed by atoms with Gasteiger partial charge < -0.3 is 29.9 Å². The van der Waals surface area contributed by atoms with Crippen molar-refractivity contribution in [1.29, 1.82) is 0 Å². The molecule has 0 aliphatic carbocycles. The smallest absolute Gasteiger partial charge is 0.255 e. The van der Waals surface area contributed by atoms with Crippen LogP contribution in [0.4, 0.5) is 0 Å². The maximum Gasteiger partial charge on any atom is 0.255 e. The van der Waals surface area contributed by atoms with E-state index in [1.807, 2.05) is 45.0 Å². The highest BCUT2D eigenvalue weighted by Crippen LogP contribution is 2.19. The van der Waals surface area contributed by atoms with Gasteiger partial charge in [-0.05, 0) is 49.9 Å². The number of nitrogens with zero attached hydrogens (tertiary/aromatic N) is 2. The fourth-order valence-electron chi connectivity index (χ4n) is 4.49. The van der Waals surface area contributed by atoms with Crippen LogP contribution in [0.15, 0.2) is 48.5 Å². The molecular formula is C31H42N4O6. The third-order valence-electron chi connectivity index (χ3n) is 6.89. The molecule has 0 fully saturated rings. The van der Waals surface area contributed by atoms with Gasteiger partial charge in [0, 0.05) is 20.5 Å². The Balaban J connectivity index is 1.78. The first-order valence-electron chi connectivity index (χ1n) is 14.1. The lowest BCUT2D eigenvalue weighted by molar-refractivity contribution is -0.136. The summed E-state index contributed by atoms with van der Waals surface area (Å²) in [7, 11) is 3.29. The van der Waals surface area contributed by atoms with Gasteiger partial charge in [0.15, 0.2) is 0 Å². The molecule has 2 N–H and O–H groups in total. The van der Waals surface area contributed by atoms with Gasteiger partial charge in [-0.2, -0.15) is 0 Å². The predicted molar refractivity (Wildman–Crippen MR) is 156 cm³/mol. The van der Waals surface area contributed by atoms with E-state index in [0.29, 0.717) is 17.9 Å². The summed E-state index contributed by atoms with van der Waals surface area (Å²) in [5.74, 6) is -0.193. The summed E-state index contributed by atoms with van der Waals surface area (Å²) in [6, 6.07) is 12.7. The lowest BCUT2D eigenvalue weighted by Gasteiger charge is -2.26. The maximum atomic E-state index is 13.5. The van der Waals surface area contributed by atoms with Crippen LogP contribution in [-0.2, 0) is 14.4 Å². The molecule has 3 rings (SSSR count). The molecule has 2 aromatic carbocycles. The topological polar surface area (TPSA) is 117 Å². The second-order valence-electron chi connectivity index (χ2n) is 10.8. The second-order valence-corrected chi connectivity index (χ2v) is 10.8. The van der Waals surface area contributed by atoms with Gasteiger partial charge in [0.05, 0.1) is 18.7 Å². The quantitative estimate of drug-likeness (QED) is 0.532. The maximum absolute atomic E-state index is 13.5. The number of rotatable bonds is 7. The molecule has 0 radical (unpaired) electrons. The number of likely N-dealkylation sites (N-methyl/N-ethyl adjacent to an activating group) is 2. The predicted octanol–water partition coefficient (Wildman–Crippen LogP) is 2.79.